The predicted molar refractivity (Wildman–Crippen MR) is 94.0 cm³/mol. The van der Waals surface area contributed by atoms with Gasteiger partial charge in [0.1, 0.15) is 0 Å². The number of fused-ring (bicyclic) bond motifs is 3. The summed E-state index contributed by atoms with van der Waals surface area (Å²) in [5, 5.41) is 5.46. The summed E-state index contributed by atoms with van der Waals surface area (Å²) in [5.41, 5.74) is 0. The van der Waals surface area contributed by atoms with Crippen molar-refractivity contribution in [2.24, 2.45) is 5.92 Å². The molecule has 5 heteroatoms. The van der Waals surface area contributed by atoms with Gasteiger partial charge in [0, 0.05) is 22.4 Å². The van der Waals surface area contributed by atoms with Crippen molar-refractivity contribution in [1.82, 2.24) is 10.2 Å². The van der Waals surface area contributed by atoms with Crippen LogP contribution < -0.4 is 5.32 Å². The molecule has 5 rings (SSSR count). The van der Waals surface area contributed by atoms with Crippen molar-refractivity contribution in [3.63, 3.8) is 0 Å². The van der Waals surface area contributed by atoms with Crippen LogP contribution in [0.5, 0.6) is 0 Å². The molecule has 22 heavy (non-hydrogen) atoms. The molecule has 0 saturated carbocycles. The van der Waals surface area contributed by atoms with E-state index < -0.39 is 0 Å². The molecule has 0 radical (unpaired) electrons. The number of nitrogens with zero attached hydrogens (tertiary/aromatic N) is 1. The Hall–Kier alpha value is -0.780. The smallest absolute Gasteiger partial charge is 0.236 e. The SMILES string of the molecule is CC1(C(=O)N[C@H]2CN3CCC2CC3)CC=C(c2cccs2)S1. The highest BCUT2D eigenvalue weighted by Crippen LogP contribution is 2.48. The molecule has 4 aliphatic rings. The molecule has 1 unspecified atom stereocenters. The molecular formula is C17H22N2OS2. The molecule has 1 N–H and O–H groups in total. The van der Waals surface area contributed by atoms with E-state index in [0.717, 1.165) is 13.0 Å². The Morgan fingerprint density at radius 2 is 2.23 bits per heavy atom. The highest BCUT2D eigenvalue weighted by Gasteiger charge is 2.42. The molecule has 3 fully saturated rings. The van der Waals surface area contributed by atoms with Crippen molar-refractivity contribution < 1.29 is 4.79 Å². The lowest BCUT2D eigenvalue weighted by molar-refractivity contribution is -0.125. The van der Waals surface area contributed by atoms with Crippen molar-refractivity contribution in [3.05, 3.63) is 28.5 Å². The van der Waals surface area contributed by atoms with Gasteiger partial charge < -0.3 is 10.2 Å². The number of thioether (sulfide) groups is 1. The standard InChI is InChI=1S/C17H22N2OS2/c1-17(7-4-15(22-17)14-3-2-10-21-14)16(20)18-13-11-19-8-5-12(13)6-9-19/h2-4,10,12-13H,5-9,11H2,1H3,(H,18,20)/t13-,17?/m0/s1. The summed E-state index contributed by atoms with van der Waals surface area (Å²) in [6.07, 6.45) is 5.55. The van der Waals surface area contributed by atoms with E-state index in [1.165, 1.54) is 35.7 Å². The average molecular weight is 335 g/mol. The van der Waals surface area contributed by atoms with E-state index in [0.29, 0.717) is 12.0 Å². The fraction of sp³-hybridized carbons (Fsp3) is 0.588. The summed E-state index contributed by atoms with van der Waals surface area (Å²) in [5.74, 6) is 0.910. The van der Waals surface area contributed by atoms with Crippen molar-refractivity contribution >= 4 is 33.9 Å². The number of rotatable bonds is 3. The first kappa shape index (κ1) is 14.8. The zero-order chi connectivity index (χ0) is 15.2. The normalized spacial score (nSPS) is 37.1. The first-order chi connectivity index (χ1) is 10.6. The number of nitrogens with one attached hydrogen (secondary N) is 1. The van der Waals surface area contributed by atoms with Crippen molar-refractivity contribution in [2.75, 3.05) is 19.6 Å². The van der Waals surface area contributed by atoms with Crippen molar-refractivity contribution in [3.8, 4) is 0 Å². The van der Waals surface area contributed by atoms with Gasteiger partial charge in [-0.1, -0.05) is 12.1 Å². The third-order valence-corrected chi connectivity index (χ3v) is 7.67. The molecule has 0 aromatic carbocycles. The lowest BCUT2D eigenvalue weighted by atomic mass is 9.83. The maximum absolute atomic E-state index is 12.8. The summed E-state index contributed by atoms with van der Waals surface area (Å²) in [6.45, 7) is 5.56. The molecule has 0 spiro atoms. The minimum absolute atomic E-state index is 0.221. The molecule has 0 aliphatic carbocycles. The maximum Gasteiger partial charge on any atom is 0.236 e. The molecule has 5 heterocycles. The molecule has 1 aromatic rings. The van der Waals surface area contributed by atoms with Crippen LogP contribution in [0.3, 0.4) is 0 Å². The zero-order valence-corrected chi connectivity index (χ0v) is 14.5. The van der Waals surface area contributed by atoms with E-state index in [4.69, 9.17) is 0 Å². The van der Waals surface area contributed by atoms with Crippen LogP contribution >= 0.6 is 23.1 Å². The fourth-order valence-corrected chi connectivity index (χ4v) is 5.84. The lowest BCUT2D eigenvalue weighted by Crippen LogP contribution is -2.59. The number of carbonyl (C=O) groups is 1. The summed E-state index contributed by atoms with van der Waals surface area (Å²) < 4.78 is -0.342. The fourth-order valence-electron chi connectivity index (χ4n) is 3.77. The van der Waals surface area contributed by atoms with Gasteiger partial charge in [0.25, 0.3) is 0 Å². The van der Waals surface area contributed by atoms with E-state index >= 15 is 0 Å². The van der Waals surface area contributed by atoms with Gasteiger partial charge in [-0.2, -0.15) is 0 Å². The topological polar surface area (TPSA) is 32.3 Å². The van der Waals surface area contributed by atoms with Crippen LogP contribution in [0.15, 0.2) is 23.6 Å². The number of thiophene rings is 1. The molecule has 1 aromatic heterocycles. The summed E-state index contributed by atoms with van der Waals surface area (Å²) in [7, 11) is 0. The van der Waals surface area contributed by atoms with Crippen molar-refractivity contribution in [2.45, 2.75) is 37.0 Å². The first-order valence-corrected chi connectivity index (χ1v) is 9.80. The molecule has 118 valence electrons. The Balaban J connectivity index is 1.41. The second-order valence-corrected chi connectivity index (χ2v) is 9.29. The summed E-state index contributed by atoms with van der Waals surface area (Å²) >= 11 is 3.48. The zero-order valence-electron chi connectivity index (χ0n) is 12.9. The third-order valence-electron chi connectivity index (χ3n) is 5.23. The number of carbonyl (C=O) groups excluding carboxylic acids is 1. The van der Waals surface area contributed by atoms with Gasteiger partial charge in [0.05, 0.1) is 4.75 Å². The number of hydrogen-bond donors (Lipinski definition) is 1. The van der Waals surface area contributed by atoms with Crippen LogP contribution in [0.2, 0.25) is 0 Å². The van der Waals surface area contributed by atoms with Gasteiger partial charge in [0.15, 0.2) is 0 Å². The number of allylic oxidation sites excluding steroid dienone is 1. The number of hydrogen-bond acceptors (Lipinski definition) is 4. The Labute approximate surface area is 140 Å². The van der Waals surface area contributed by atoms with Crippen LogP contribution in [0.1, 0.15) is 31.1 Å². The van der Waals surface area contributed by atoms with Gasteiger partial charge >= 0.3 is 0 Å². The van der Waals surface area contributed by atoms with Gasteiger partial charge in [-0.3, -0.25) is 4.79 Å². The van der Waals surface area contributed by atoms with E-state index in [2.05, 4.69) is 40.7 Å². The third kappa shape index (κ3) is 2.63. The van der Waals surface area contributed by atoms with Crippen LogP contribution in [0.25, 0.3) is 4.91 Å². The monoisotopic (exact) mass is 334 g/mol. The van der Waals surface area contributed by atoms with Crippen molar-refractivity contribution in [1.29, 1.82) is 0 Å². The lowest BCUT2D eigenvalue weighted by Gasteiger charge is -2.45. The van der Waals surface area contributed by atoms with E-state index in [1.807, 2.05) is 0 Å². The van der Waals surface area contributed by atoms with E-state index in [1.54, 1.807) is 23.1 Å². The second-order valence-electron chi connectivity index (χ2n) is 6.80. The predicted octanol–water partition coefficient (Wildman–Crippen LogP) is 3.20. The van der Waals surface area contributed by atoms with Gasteiger partial charge in [-0.15, -0.1) is 23.1 Å². The second kappa shape index (κ2) is 5.69. The highest BCUT2D eigenvalue weighted by molar-refractivity contribution is 8.10. The van der Waals surface area contributed by atoms with Gasteiger partial charge in [-0.05, 0) is 56.6 Å². The molecular weight excluding hydrogens is 312 g/mol. The number of piperidine rings is 3. The molecule has 1 amide bonds. The van der Waals surface area contributed by atoms with Crippen LogP contribution in [-0.2, 0) is 4.79 Å². The summed E-state index contributed by atoms with van der Waals surface area (Å²) in [4.78, 5) is 17.9. The largest absolute Gasteiger partial charge is 0.351 e. The van der Waals surface area contributed by atoms with E-state index in [-0.39, 0.29) is 10.7 Å². The average Bonchev–Trinajstić information content (AvgIpc) is 3.18. The summed E-state index contributed by atoms with van der Waals surface area (Å²) in [6, 6.07) is 4.57. The number of amides is 1. The Bertz CT molecular complexity index is 590. The quantitative estimate of drug-likeness (QED) is 0.921. The maximum atomic E-state index is 12.8. The van der Waals surface area contributed by atoms with Crippen LogP contribution in [0, 0.1) is 5.92 Å². The highest BCUT2D eigenvalue weighted by atomic mass is 32.2. The van der Waals surface area contributed by atoms with Gasteiger partial charge in [-0.25, -0.2) is 0 Å². The first-order valence-electron chi connectivity index (χ1n) is 8.10. The molecule has 3 saturated heterocycles. The minimum atomic E-state index is -0.342. The van der Waals surface area contributed by atoms with Crippen LogP contribution in [0.4, 0.5) is 0 Å². The minimum Gasteiger partial charge on any atom is -0.351 e. The van der Waals surface area contributed by atoms with Crippen LogP contribution in [-0.4, -0.2) is 41.2 Å². The molecule has 2 bridgehead atoms. The Kier molecular flexibility index (Phi) is 3.83. The Morgan fingerprint density at radius 3 is 2.86 bits per heavy atom. The Morgan fingerprint density at radius 1 is 1.41 bits per heavy atom. The molecule has 4 aliphatic heterocycles. The molecule has 2 atom stereocenters. The van der Waals surface area contributed by atoms with E-state index in [9.17, 15) is 4.79 Å². The molecule has 3 nitrogen and oxygen atoms in total. The van der Waals surface area contributed by atoms with Gasteiger partial charge in [0.2, 0.25) is 5.91 Å².